The number of benzene rings is 1. The van der Waals surface area contributed by atoms with Crippen molar-refractivity contribution in [1.82, 2.24) is 4.98 Å². The van der Waals surface area contributed by atoms with Crippen molar-refractivity contribution in [3.8, 4) is 5.75 Å². The zero-order chi connectivity index (χ0) is 15.8. The second-order valence-corrected chi connectivity index (χ2v) is 4.92. The number of amides is 2. The number of rotatable bonds is 0. The molecular formula is C17H9N3O3. The van der Waals surface area contributed by atoms with Crippen LogP contribution in [0, 0.1) is 0 Å². The third-order valence-corrected chi connectivity index (χ3v) is 3.40. The van der Waals surface area contributed by atoms with Crippen molar-refractivity contribution >= 4 is 24.0 Å². The molecule has 2 aliphatic heterocycles. The van der Waals surface area contributed by atoms with E-state index in [9.17, 15) is 9.59 Å². The predicted octanol–water partition coefficient (Wildman–Crippen LogP) is -1.10. The van der Waals surface area contributed by atoms with Crippen LogP contribution in [-0.4, -0.2) is 16.8 Å². The minimum atomic E-state index is -0.860. The van der Waals surface area contributed by atoms with Crippen LogP contribution in [-0.2, 0) is 9.59 Å². The van der Waals surface area contributed by atoms with Crippen LogP contribution in [0.3, 0.4) is 0 Å². The van der Waals surface area contributed by atoms with Gasteiger partial charge in [-0.1, -0.05) is 12.1 Å². The van der Waals surface area contributed by atoms with Crippen LogP contribution in [0.15, 0.2) is 52.8 Å². The Balaban J connectivity index is 0.000000118. The van der Waals surface area contributed by atoms with Gasteiger partial charge < -0.3 is 4.74 Å². The molecule has 0 atom stereocenters. The van der Waals surface area contributed by atoms with Crippen molar-refractivity contribution in [2.45, 2.75) is 0 Å². The molecule has 0 unspecified atom stereocenters. The lowest BCUT2D eigenvalue weighted by molar-refractivity contribution is -0.135. The largest absolute Gasteiger partial charge is 0.464 e. The number of fused-ring (bicyclic) bond motifs is 4. The third kappa shape index (κ3) is 2.46. The Hall–Kier alpha value is -3.41. The molecule has 1 aliphatic carbocycles. The molecule has 6 nitrogen and oxygen atoms in total. The molecule has 0 bridgehead atoms. The molecule has 0 saturated carbocycles. The highest BCUT2D eigenvalue weighted by Crippen LogP contribution is 2.18. The van der Waals surface area contributed by atoms with E-state index in [4.69, 9.17) is 4.74 Å². The minimum absolute atomic E-state index is 0.210. The van der Waals surface area contributed by atoms with Crippen LogP contribution >= 0.6 is 0 Å². The summed E-state index contributed by atoms with van der Waals surface area (Å²) < 4.78 is 5.36. The van der Waals surface area contributed by atoms with Crippen LogP contribution in [0.5, 0.6) is 5.75 Å². The number of hydrogen-bond donors (Lipinski definition) is 0. The molecule has 1 aromatic carbocycles. The van der Waals surface area contributed by atoms with Gasteiger partial charge in [0.25, 0.3) is 0 Å². The molecule has 0 radical (unpaired) electrons. The van der Waals surface area contributed by atoms with E-state index in [1.165, 1.54) is 22.2 Å². The lowest BCUT2D eigenvalue weighted by Crippen LogP contribution is -2.36. The van der Waals surface area contributed by atoms with Gasteiger partial charge in [0.05, 0.1) is 6.26 Å². The minimum Gasteiger partial charge on any atom is -0.464 e. The fourth-order valence-corrected chi connectivity index (χ4v) is 2.24. The first kappa shape index (κ1) is 13.3. The van der Waals surface area contributed by atoms with E-state index in [2.05, 4.69) is 39.3 Å². The molecule has 0 saturated heterocycles. The molecule has 0 N–H and O–H groups in total. The van der Waals surface area contributed by atoms with Crippen LogP contribution < -0.4 is 26.0 Å². The summed E-state index contributed by atoms with van der Waals surface area (Å²) in [5.41, 5.74) is 1.48. The lowest BCUT2D eigenvalue weighted by Gasteiger charge is -2.03. The molecule has 3 aliphatic rings. The summed E-state index contributed by atoms with van der Waals surface area (Å²) >= 11 is 0. The van der Waals surface area contributed by atoms with Crippen molar-refractivity contribution in [2.75, 3.05) is 0 Å². The first-order chi connectivity index (χ1) is 11.2. The zero-order valence-corrected chi connectivity index (χ0v) is 11.8. The number of carbonyl (C=O) groups is 2. The number of allylic oxidation sites excluding steroid dienone is 1. The van der Waals surface area contributed by atoms with Crippen LogP contribution in [0.1, 0.15) is 5.56 Å². The molecule has 1 aromatic heterocycles. The maximum absolute atomic E-state index is 10.7. The Labute approximate surface area is 129 Å². The Kier molecular flexibility index (Phi) is 2.94. The van der Waals surface area contributed by atoms with Gasteiger partial charge >= 0.3 is 11.8 Å². The topological polar surface area (TPSA) is 81.0 Å². The summed E-state index contributed by atoms with van der Waals surface area (Å²) in [4.78, 5) is 32.1. The molecule has 0 spiro atoms. The number of carbonyl (C=O) groups excluding carboxylic acids is 2. The summed E-state index contributed by atoms with van der Waals surface area (Å²) in [6.07, 6.45) is 9.31. The average molecular weight is 303 g/mol. The van der Waals surface area contributed by atoms with E-state index in [-0.39, 0.29) is 5.49 Å². The summed E-state index contributed by atoms with van der Waals surface area (Å²) in [7, 11) is 0. The van der Waals surface area contributed by atoms with E-state index < -0.39 is 11.8 Å². The second-order valence-electron chi connectivity index (χ2n) is 4.92. The quantitative estimate of drug-likeness (QED) is 0.494. The molecule has 5 rings (SSSR count). The second kappa shape index (κ2) is 5.10. The van der Waals surface area contributed by atoms with Gasteiger partial charge in [0, 0.05) is 17.0 Å². The summed E-state index contributed by atoms with van der Waals surface area (Å²) in [6.45, 7) is 0. The number of pyridine rings is 1. The monoisotopic (exact) mass is 303 g/mol. The van der Waals surface area contributed by atoms with Crippen molar-refractivity contribution in [2.24, 2.45) is 9.98 Å². The molecule has 3 heterocycles. The van der Waals surface area contributed by atoms with E-state index in [1.54, 1.807) is 18.4 Å². The molecule has 110 valence electrons. The molecule has 2 aromatic rings. The first-order valence-electron chi connectivity index (χ1n) is 6.87. The maximum atomic E-state index is 10.7. The summed E-state index contributed by atoms with van der Waals surface area (Å²) in [6, 6.07) is 7.41. The SMILES string of the molecule is C1=COc2c3c(ccc2=C1)=C3.O=C1N=c2cccnc2=NC1=O. The molecule has 0 fully saturated rings. The van der Waals surface area contributed by atoms with Gasteiger partial charge in [-0.25, -0.2) is 9.98 Å². The molecular weight excluding hydrogens is 294 g/mol. The first-order valence-corrected chi connectivity index (χ1v) is 6.87. The third-order valence-electron chi connectivity index (χ3n) is 3.40. The number of aromatic nitrogens is 1. The van der Waals surface area contributed by atoms with Gasteiger partial charge in [0.2, 0.25) is 0 Å². The Morgan fingerprint density at radius 2 is 1.78 bits per heavy atom. The molecule has 2 amide bonds. The Morgan fingerprint density at radius 1 is 0.957 bits per heavy atom. The van der Waals surface area contributed by atoms with E-state index in [0.29, 0.717) is 5.36 Å². The summed E-state index contributed by atoms with van der Waals surface area (Å²) in [5, 5.41) is 2.84. The zero-order valence-electron chi connectivity index (χ0n) is 11.8. The fourth-order valence-electron chi connectivity index (χ4n) is 2.24. The maximum Gasteiger partial charge on any atom is 0.339 e. The van der Waals surface area contributed by atoms with Crippen molar-refractivity contribution < 1.29 is 14.3 Å². The van der Waals surface area contributed by atoms with Gasteiger partial charge in [-0.05, 0) is 35.6 Å². The van der Waals surface area contributed by atoms with Crippen molar-refractivity contribution in [3.05, 3.63) is 69.6 Å². The van der Waals surface area contributed by atoms with Gasteiger partial charge in [0.1, 0.15) is 11.1 Å². The van der Waals surface area contributed by atoms with E-state index in [0.717, 1.165) is 5.75 Å². The van der Waals surface area contributed by atoms with Crippen molar-refractivity contribution in [3.63, 3.8) is 0 Å². The average Bonchev–Trinajstić information content (AvgIpc) is 3.37. The standard InChI is InChI=1S/C10H6O.C7H3N3O2/c1-2-7-3-4-8-6-9(8)10(7)11-5-1;11-6-7(12)10-5-4(9-6)2-1-3-8-5/h1-6H;1-3H. The highest BCUT2D eigenvalue weighted by molar-refractivity contribution is 6.36. The molecule has 6 heteroatoms. The summed E-state index contributed by atoms with van der Waals surface area (Å²) in [5.74, 6) is -0.679. The van der Waals surface area contributed by atoms with Gasteiger partial charge in [-0.2, -0.15) is 4.99 Å². The Bertz CT molecular complexity index is 1090. The number of hydrogen-bond acceptors (Lipinski definition) is 4. The highest BCUT2D eigenvalue weighted by Gasteiger charge is 2.15. The number of nitrogens with zero attached hydrogens (tertiary/aromatic N) is 3. The highest BCUT2D eigenvalue weighted by atomic mass is 16.5. The predicted molar refractivity (Wildman–Crippen MR) is 80.1 cm³/mol. The van der Waals surface area contributed by atoms with Gasteiger partial charge in [-0.15, -0.1) is 0 Å². The molecule has 23 heavy (non-hydrogen) atoms. The lowest BCUT2D eigenvalue weighted by atomic mass is 10.2. The number of ether oxygens (including phenoxy) is 1. The van der Waals surface area contributed by atoms with Gasteiger partial charge in [0.15, 0.2) is 5.49 Å². The van der Waals surface area contributed by atoms with E-state index >= 15 is 0 Å². The Morgan fingerprint density at radius 3 is 2.70 bits per heavy atom. The van der Waals surface area contributed by atoms with Crippen LogP contribution in [0.4, 0.5) is 0 Å². The van der Waals surface area contributed by atoms with Crippen molar-refractivity contribution in [1.29, 1.82) is 0 Å². The smallest absolute Gasteiger partial charge is 0.339 e. The fraction of sp³-hybridized carbons (Fsp3) is 0. The normalized spacial score (nSPS) is 15.0. The van der Waals surface area contributed by atoms with E-state index in [1.807, 2.05) is 6.08 Å². The van der Waals surface area contributed by atoms with Crippen LogP contribution in [0.2, 0.25) is 0 Å². The van der Waals surface area contributed by atoms with Gasteiger partial charge in [-0.3, -0.25) is 9.59 Å². The van der Waals surface area contributed by atoms with Crippen LogP contribution in [0.25, 0.3) is 12.2 Å².